The van der Waals surface area contributed by atoms with E-state index in [1.807, 2.05) is 37.3 Å². The molecular weight excluding hydrogens is 615 g/mol. The summed E-state index contributed by atoms with van der Waals surface area (Å²) in [6.45, 7) is 6.49. The second kappa shape index (κ2) is 13.4. The summed E-state index contributed by atoms with van der Waals surface area (Å²) in [5.41, 5.74) is 9.53. The van der Waals surface area contributed by atoms with Gasteiger partial charge in [-0.2, -0.15) is 0 Å². The molecule has 50 heavy (non-hydrogen) atoms. The summed E-state index contributed by atoms with van der Waals surface area (Å²) in [5.74, 6) is 0.322. The van der Waals surface area contributed by atoms with Gasteiger partial charge < -0.3 is 14.4 Å². The molecule has 1 saturated heterocycles. The number of carbonyl (C=O) groups excluding carboxylic acids is 1. The summed E-state index contributed by atoms with van der Waals surface area (Å²) in [4.78, 5) is 15.9. The molecule has 2 aliphatic rings. The van der Waals surface area contributed by atoms with Crippen molar-refractivity contribution in [2.24, 2.45) is 0 Å². The molecule has 4 heteroatoms. The van der Waals surface area contributed by atoms with E-state index < -0.39 is 5.60 Å². The molecule has 0 N–H and O–H groups in total. The third kappa shape index (κ3) is 5.75. The van der Waals surface area contributed by atoms with Gasteiger partial charge in [-0.05, 0) is 95.8 Å². The monoisotopic (exact) mass is 655 g/mol. The number of rotatable bonds is 8. The van der Waals surface area contributed by atoms with Crippen LogP contribution in [0.3, 0.4) is 0 Å². The van der Waals surface area contributed by atoms with E-state index in [9.17, 15) is 4.79 Å². The molecule has 248 valence electrons. The first kappa shape index (κ1) is 31.6. The quantitative estimate of drug-likeness (QED) is 0.153. The number of aryl methyl sites for hydroxylation is 1. The van der Waals surface area contributed by atoms with Crippen molar-refractivity contribution >= 4 is 28.5 Å². The molecule has 6 aromatic rings. The average molecular weight is 656 g/mol. The van der Waals surface area contributed by atoms with Gasteiger partial charge in [0.2, 0.25) is 0 Å². The number of hydrogen-bond acceptors (Lipinski definition) is 4. The molecule has 0 amide bonds. The normalized spacial score (nSPS) is 16.6. The van der Waals surface area contributed by atoms with Gasteiger partial charge in [0.05, 0.1) is 12.2 Å². The minimum Gasteiger partial charge on any atom is -0.472 e. The van der Waals surface area contributed by atoms with E-state index in [-0.39, 0.29) is 5.97 Å². The molecule has 8 rings (SSSR count). The summed E-state index contributed by atoms with van der Waals surface area (Å²) in [6, 6.07) is 45.0. The minimum absolute atomic E-state index is 0.293. The Balaban J connectivity index is 1.22. The highest BCUT2D eigenvalue weighted by Crippen LogP contribution is 2.47. The van der Waals surface area contributed by atoms with Crippen molar-refractivity contribution in [2.75, 3.05) is 24.6 Å². The fourth-order valence-corrected chi connectivity index (χ4v) is 7.46. The molecule has 0 aliphatic carbocycles. The van der Waals surface area contributed by atoms with Gasteiger partial charge in [0.25, 0.3) is 0 Å². The van der Waals surface area contributed by atoms with E-state index in [4.69, 9.17) is 9.47 Å². The maximum absolute atomic E-state index is 13.5. The highest BCUT2D eigenvalue weighted by Gasteiger charge is 2.39. The molecule has 4 nitrogen and oxygen atoms in total. The van der Waals surface area contributed by atoms with E-state index in [2.05, 4.69) is 121 Å². The lowest BCUT2D eigenvalue weighted by molar-refractivity contribution is 0.0524. The number of hydrogen-bond donors (Lipinski definition) is 0. The Labute approximate surface area is 294 Å². The lowest BCUT2D eigenvalue weighted by Gasteiger charge is -2.37. The molecule has 0 radical (unpaired) electrons. The summed E-state index contributed by atoms with van der Waals surface area (Å²) in [5, 5.41) is 1.87. The molecule has 0 saturated carbocycles. The molecule has 0 bridgehead atoms. The Bertz CT molecular complexity index is 2180. The zero-order chi connectivity index (χ0) is 34.1. The molecule has 1 unspecified atom stereocenters. The first-order valence-electron chi connectivity index (χ1n) is 17.8. The van der Waals surface area contributed by atoms with Crippen molar-refractivity contribution < 1.29 is 14.3 Å². The van der Waals surface area contributed by atoms with Crippen molar-refractivity contribution in [3.63, 3.8) is 0 Å². The predicted molar refractivity (Wildman–Crippen MR) is 205 cm³/mol. The molecule has 2 aliphatic heterocycles. The van der Waals surface area contributed by atoms with Crippen molar-refractivity contribution in [1.82, 2.24) is 0 Å². The van der Waals surface area contributed by atoms with Gasteiger partial charge in [0.1, 0.15) is 5.75 Å². The van der Waals surface area contributed by atoms with E-state index in [1.54, 1.807) is 0 Å². The molecule has 0 aromatic heterocycles. The van der Waals surface area contributed by atoms with Gasteiger partial charge in [-0.15, -0.1) is 0 Å². The van der Waals surface area contributed by atoms with Crippen LogP contribution in [0, 0.1) is 0 Å². The number of anilines is 1. The smallest absolute Gasteiger partial charge is 0.338 e. The van der Waals surface area contributed by atoms with Crippen LogP contribution in [-0.2, 0) is 16.8 Å². The van der Waals surface area contributed by atoms with Gasteiger partial charge in [-0.1, -0.05) is 110 Å². The largest absolute Gasteiger partial charge is 0.472 e. The number of nitrogens with zero attached hydrogens (tertiary/aromatic N) is 1. The number of carbonyl (C=O) groups is 1. The molecule has 2 heterocycles. The number of benzene rings is 6. The Hall–Kier alpha value is -5.61. The molecule has 6 aromatic carbocycles. The first-order valence-corrected chi connectivity index (χ1v) is 17.8. The summed E-state index contributed by atoms with van der Waals surface area (Å²) in [6.07, 6.45) is 7.63. The Morgan fingerprint density at radius 1 is 0.720 bits per heavy atom. The molecule has 1 atom stereocenters. The average Bonchev–Trinajstić information content (AvgIpc) is 3.73. The molecule has 0 spiro atoms. The predicted octanol–water partition coefficient (Wildman–Crippen LogP) is 10.9. The maximum atomic E-state index is 13.5. The standard InChI is InChI=1S/C46H41NO3/c1-3-32-12-14-33(15-13-32)34-16-18-35(19-17-34)36-20-25-41-37(30-36)31-43(45(48)49-4-2)42-26-27-46(50-44(41)42,38-10-6-5-7-11-38)39-21-23-40(24-22-39)47-28-8-9-29-47/h5-7,10-27,30-31H,3-4,8-9,28-29H2,1-2H3. The Morgan fingerprint density at radius 2 is 1.34 bits per heavy atom. The number of esters is 1. The summed E-state index contributed by atoms with van der Waals surface area (Å²) >= 11 is 0. The lowest BCUT2D eigenvalue weighted by atomic mass is 9.82. The molecular formula is C46H41NO3. The van der Waals surface area contributed by atoms with Crippen LogP contribution in [0.5, 0.6) is 5.75 Å². The summed E-state index contributed by atoms with van der Waals surface area (Å²) < 4.78 is 12.8. The number of fused-ring (bicyclic) bond motifs is 3. The van der Waals surface area contributed by atoms with Gasteiger partial charge in [-0.3, -0.25) is 0 Å². The van der Waals surface area contributed by atoms with Gasteiger partial charge in [0, 0.05) is 40.9 Å². The summed E-state index contributed by atoms with van der Waals surface area (Å²) in [7, 11) is 0. The van der Waals surface area contributed by atoms with Crippen molar-refractivity contribution in [3.05, 3.63) is 161 Å². The Kier molecular flexibility index (Phi) is 8.46. The zero-order valence-electron chi connectivity index (χ0n) is 28.7. The zero-order valence-corrected chi connectivity index (χ0v) is 28.7. The third-order valence-electron chi connectivity index (χ3n) is 10.3. The van der Waals surface area contributed by atoms with E-state index in [1.165, 1.54) is 35.2 Å². The molecule has 1 fully saturated rings. The van der Waals surface area contributed by atoms with Crippen molar-refractivity contribution in [3.8, 4) is 28.0 Å². The van der Waals surface area contributed by atoms with Crippen LogP contribution in [0.1, 0.15) is 59.3 Å². The van der Waals surface area contributed by atoms with Crippen LogP contribution in [0.2, 0.25) is 0 Å². The lowest BCUT2D eigenvalue weighted by Crippen LogP contribution is -2.34. The highest BCUT2D eigenvalue weighted by atomic mass is 16.5. The van der Waals surface area contributed by atoms with E-state index in [0.29, 0.717) is 17.9 Å². The number of ether oxygens (including phenoxy) is 2. The fourth-order valence-electron chi connectivity index (χ4n) is 7.46. The Morgan fingerprint density at radius 3 is 2.00 bits per heavy atom. The van der Waals surface area contributed by atoms with Crippen LogP contribution < -0.4 is 9.64 Å². The highest BCUT2D eigenvalue weighted by molar-refractivity contribution is 6.05. The van der Waals surface area contributed by atoms with Crippen LogP contribution in [0.4, 0.5) is 5.69 Å². The maximum Gasteiger partial charge on any atom is 0.338 e. The SMILES string of the molecule is CCOC(=O)c1cc2cc(-c3ccc(-c4ccc(CC)cc4)cc3)ccc2c2c1C=CC(c1ccccc1)(c1ccc(N3CCCC3)cc1)O2. The van der Waals surface area contributed by atoms with Crippen LogP contribution in [-0.4, -0.2) is 25.7 Å². The van der Waals surface area contributed by atoms with Crippen LogP contribution in [0.15, 0.2) is 133 Å². The van der Waals surface area contributed by atoms with Gasteiger partial charge in [0.15, 0.2) is 5.60 Å². The minimum atomic E-state index is -0.887. The topological polar surface area (TPSA) is 38.8 Å². The van der Waals surface area contributed by atoms with Crippen LogP contribution in [0.25, 0.3) is 39.1 Å². The third-order valence-corrected chi connectivity index (χ3v) is 10.3. The van der Waals surface area contributed by atoms with Gasteiger partial charge >= 0.3 is 5.97 Å². The first-order chi connectivity index (χ1) is 24.6. The van der Waals surface area contributed by atoms with Crippen LogP contribution >= 0.6 is 0 Å². The second-order valence-corrected chi connectivity index (χ2v) is 13.2. The second-order valence-electron chi connectivity index (χ2n) is 13.2. The van der Waals surface area contributed by atoms with Crippen molar-refractivity contribution in [1.29, 1.82) is 0 Å². The van der Waals surface area contributed by atoms with Gasteiger partial charge in [-0.25, -0.2) is 4.79 Å². The van der Waals surface area contributed by atoms with E-state index >= 15 is 0 Å². The fraction of sp³-hybridized carbons (Fsp3) is 0.196. The van der Waals surface area contributed by atoms with Crippen molar-refractivity contribution in [2.45, 2.75) is 38.7 Å². The van der Waals surface area contributed by atoms with E-state index in [0.717, 1.165) is 58.1 Å².